The molecule has 4 heteroatoms. The van der Waals surface area contributed by atoms with Gasteiger partial charge in [0.25, 0.3) is 0 Å². The van der Waals surface area contributed by atoms with Crippen molar-refractivity contribution in [3.05, 3.63) is 34.1 Å². The van der Waals surface area contributed by atoms with Crippen molar-refractivity contribution in [1.29, 1.82) is 0 Å². The summed E-state index contributed by atoms with van der Waals surface area (Å²) in [5.74, 6) is 0.515. The molecule has 1 unspecified atom stereocenters. The lowest BCUT2D eigenvalue weighted by Gasteiger charge is -2.42. The van der Waals surface area contributed by atoms with E-state index in [0.29, 0.717) is 10.9 Å². The van der Waals surface area contributed by atoms with Gasteiger partial charge in [0.2, 0.25) is 0 Å². The largest absolute Gasteiger partial charge is 0.377 e. The maximum absolute atomic E-state index is 13.3. The van der Waals surface area contributed by atoms with Gasteiger partial charge in [0.1, 0.15) is 5.82 Å². The summed E-state index contributed by atoms with van der Waals surface area (Å²) < 4.78 is 19.6. The Hall–Kier alpha value is -0.450. The predicted octanol–water partition coefficient (Wildman–Crippen LogP) is 4.05. The van der Waals surface area contributed by atoms with Crippen molar-refractivity contribution in [1.82, 2.24) is 0 Å². The highest BCUT2D eigenvalue weighted by atomic mass is 79.9. The van der Waals surface area contributed by atoms with Gasteiger partial charge in [0.15, 0.2) is 0 Å². The fourth-order valence-electron chi connectivity index (χ4n) is 3.08. The van der Waals surface area contributed by atoms with Crippen LogP contribution < -0.4 is 5.73 Å². The SMILES string of the molecule is COC1(C(N)Cc2ccc(F)c(Br)c2)CCC(C)CC1. The highest BCUT2D eigenvalue weighted by Gasteiger charge is 2.39. The number of ether oxygens (including phenoxy) is 1. The lowest BCUT2D eigenvalue weighted by Crippen LogP contribution is -2.52. The molecule has 1 aliphatic carbocycles. The van der Waals surface area contributed by atoms with Gasteiger partial charge in [-0.3, -0.25) is 0 Å². The molecule has 1 atom stereocenters. The van der Waals surface area contributed by atoms with E-state index in [9.17, 15) is 4.39 Å². The maximum Gasteiger partial charge on any atom is 0.137 e. The average molecular weight is 344 g/mol. The first-order chi connectivity index (χ1) is 9.47. The van der Waals surface area contributed by atoms with Crippen LogP contribution in [0.2, 0.25) is 0 Å². The van der Waals surface area contributed by atoms with Gasteiger partial charge in [-0.1, -0.05) is 13.0 Å². The van der Waals surface area contributed by atoms with Crippen molar-refractivity contribution in [3.8, 4) is 0 Å². The Morgan fingerprint density at radius 3 is 2.65 bits per heavy atom. The lowest BCUT2D eigenvalue weighted by molar-refractivity contribution is -0.0659. The Morgan fingerprint density at radius 1 is 1.45 bits per heavy atom. The normalized spacial score (nSPS) is 28.4. The van der Waals surface area contributed by atoms with Crippen LogP contribution in [0.3, 0.4) is 0 Å². The number of hydrogen-bond acceptors (Lipinski definition) is 2. The van der Waals surface area contributed by atoms with Crippen LogP contribution in [0.25, 0.3) is 0 Å². The van der Waals surface area contributed by atoms with Gasteiger partial charge >= 0.3 is 0 Å². The summed E-state index contributed by atoms with van der Waals surface area (Å²) in [5.41, 5.74) is 7.24. The van der Waals surface area contributed by atoms with Crippen LogP contribution in [-0.4, -0.2) is 18.8 Å². The molecule has 0 heterocycles. The Kier molecular flexibility index (Phi) is 5.21. The standard InChI is InChI=1S/C16H23BrFNO/c1-11-5-7-16(20-2,8-6-11)15(19)10-12-3-4-14(18)13(17)9-12/h3-4,9,11,15H,5-8,10,19H2,1-2H3. The summed E-state index contributed by atoms with van der Waals surface area (Å²) in [6.45, 7) is 2.28. The van der Waals surface area contributed by atoms with E-state index in [4.69, 9.17) is 10.5 Å². The Labute approximate surface area is 129 Å². The Balaban J connectivity index is 2.09. The fraction of sp³-hybridized carbons (Fsp3) is 0.625. The smallest absolute Gasteiger partial charge is 0.137 e. The van der Waals surface area contributed by atoms with Crippen molar-refractivity contribution in [2.45, 2.75) is 50.7 Å². The lowest BCUT2D eigenvalue weighted by atomic mass is 9.74. The quantitative estimate of drug-likeness (QED) is 0.894. The molecular formula is C16H23BrFNO. The predicted molar refractivity (Wildman–Crippen MR) is 83.2 cm³/mol. The number of halogens is 2. The fourth-order valence-corrected chi connectivity index (χ4v) is 3.51. The minimum atomic E-state index is -0.240. The zero-order valence-corrected chi connectivity index (χ0v) is 13.7. The minimum Gasteiger partial charge on any atom is -0.377 e. The van der Waals surface area contributed by atoms with Gasteiger partial charge in [-0.15, -0.1) is 0 Å². The molecule has 0 amide bonds. The van der Waals surface area contributed by atoms with E-state index in [1.807, 2.05) is 6.07 Å². The van der Waals surface area contributed by atoms with E-state index in [-0.39, 0.29) is 17.5 Å². The van der Waals surface area contributed by atoms with E-state index in [2.05, 4.69) is 22.9 Å². The molecule has 0 bridgehead atoms. The summed E-state index contributed by atoms with van der Waals surface area (Å²) in [5, 5.41) is 0. The second-order valence-electron chi connectivity index (χ2n) is 6.01. The number of rotatable bonds is 4. The molecule has 2 rings (SSSR count). The van der Waals surface area contributed by atoms with E-state index < -0.39 is 0 Å². The second kappa shape index (κ2) is 6.54. The number of nitrogens with two attached hydrogens (primary N) is 1. The van der Waals surface area contributed by atoms with Crippen molar-refractivity contribution >= 4 is 15.9 Å². The third kappa shape index (κ3) is 3.41. The molecule has 0 spiro atoms. The van der Waals surface area contributed by atoms with Crippen LogP contribution in [0.1, 0.15) is 38.2 Å². The van der Waals surface area contributed by atoms with Crippen LogP contribution >= 0.6 is 15.9 Å². The molecular weight excluding hydrogens is 321 g/mol. The highest BCUT2D eigenvalue weighted by Crippen LogP contribution is 2.37. The molecule has 0 radical (unpaired) electrons. The van der Waals surface area contributed by atoms with Gasteiger partial charge in [-0.2, -0.15) is 0 Å². The molecule has 1 aromatic carbocycles. The average Bonchev–Trinajstić information content (AvgIpc) is 2.44. The topological polar surface area (TPSA) is 35.2 Å². The minimum absolute atomic E-state index is 0.0580. The summed E-state index contributed by atoms with van der Waals surface area (Å²) >= 11 is 3.22. The van der Waals surface area contributed by atoms with Crippen molar-refractivity contribution in [2.75, 3.05) is 7.11 Å². The highest BCUT2D eigenvalue weighted by molar-refractivity contribution is 9.10. The van der Waals surface area contributed by atoms with Crippen molar-refractivity contribution in [3.63, 3.8) is 0 Å². The summed E-state index contributed by atoms with van der Waals surface area (Å²) in [7, 11) is 1.76. The zero-order chi connectivity index (χ0) is 14.8. The molecule has 0 aromatic heterocycles. The summed E-state index contributed by atoms with van der Waals surface area (Å²) in [6.07, 6.45) is 5.05. The van der Waals surface area contributed by atoms with E-state index >= 15 is 0 Å². The number of benzene rings is 1. The van der Waals surface area contributed by atoms with Crippen LogP contribution in [0.5, 0.6) is 0 Å². The molecule has 0 saturated heterocycles. The van der Waals surface area contributed by atoms with Gasteiger partial charge < -0.3 is 10.5 Å². The Morgan fingerprint density at radius 2 is 2.10 bits per heavy atom. The van der Waals surface area contributed by atoms with Gasteiger partial charge in [-0.05, 0) is 71.6 Å². The summed E-state index contributed by atoms with van der Waals surface area (Å²) in [4.78, 5) is 0. The van der Waals surface area contributed by atoms with Crippen molar-refractivity contribution < 1.29 is 9.13 Å². The zero-order valence-electron chi connectivity index (χ0n) is 12.2. The van der Waals surface area contributed by atoms with E-state index in [1.165, 1.54) is 6.07 Å². The third-order valence-corrected chi connectivity index (χ3v) is 5.25. The molecule has 1 aliphatic rings. The number of methoxy groups -OCH3 is 1. The van der Waals surface area contributed by atoms with Gasteiger partial charge in [0, 0.05) is 13.2 Å². The van der Waals surface area contributed by atoms with Crippen LogP contribution in [-0.2, 0) is 11.2 Å². The van der Waals surface area contributed by atoms with Gasteiger partial charge in [-0.25, -0.2) is 4.39 Å². The van der Waals surface area contributed by atoms with Crippen LogP contribution in [0, 0.1) is 11.7 Å². The molecule has 0 aliphatic heterocycles. The first-order valence-corrected chi connectivity index (χ1v) is 8.01. The molecule has 20 heavy (non-hydrogen) atoms. The third-order valence-electron chi connectivity index (χ3n) is 4.64. The molecule has 1 saturated carbocycles. The van der Waals surface area contributed by atoms with Gasteiger partial charge in [0.05, 0.1) is 10.1 Å². The van der Waals surface area contributed by atoms with E-state index in [1.54, 1.807) is 13.2 Å². The van der Waals surface area contributed by atoms with Crippen LogP contribution in [0.15, 0.2) is 22.7 Å². The number of hydrogen-bond donors (Lipinski definition) is 1. The molecule has 112 valence electrons. The first kappa shape index (κ1) is 15.9. The molecule has 2 N–H and O–H groups in total. The van der Waals surface area contributed by atoms with Crippen molar-refractivity contribution in [2.24, 2.45) is 11.7 Å². The van der Waals surface area contributed by atoms with E-state index in [0.717, 1.165) is 37.2 Å². The maximum atomic E-state index is 13.3. The summed E-state index contributed by atoms with van der Waals surface area (Å²) in [6, 6.07) is 5.03. The Bertz CT molecular complexity index is 458. The monoisotopic (exact) mass is 343 g/mol. The second-order valence-corrected chi connectivity index (χ2v) is 6.86. The van der Waals surface area contributed by atoms with Crippen LogP contribution in [0.4, 0.5) is 4.39 Å². The first-order valence-electron chi connectivity index (χ1n) is 7.21. The molecule has 1 aromatic rings. The molecule has 1 fully saturated rings. The molecule has 2 nitrogen and oxygen atoms in total.